The van der Waals surface area contributed by atoms with Crippen LogP contribution in [0.2, 0.25) is 0 Å². The lowest BCUT2D eigenvalue weighted by molar-refractivity contribution is 0.183. The number of benzene rings is 2. The van der Waals surface area contributed by atoms with Gasteiger partial charge in [-0.15, -0.1) is 0 Å². The predicted octanol–water partition coefficient (Wildman–Crippen LogP) is 4.16. The van der Waals surface area contributed by atoms with Crippen molar-refractivity contribution in [2.75, 3.05) is 27.3 Å². The third kappa shape index (κ3) is 2.71. The van der Waals surface area contributed by atoms with Crippen LogP contribution in [0.25, 0.3) is 0 Å². The molecule has 1 aliphatic carbocycles. The lowest BCUT2D eigenvalue weighted by Gasteiger charge is -2.38. The van der Waals surface area contributed by atoms with E-state index in [1.807, 2.05) is 0 Å². The molecular formula is C22H27NO2. The monoisotopic (exact) mass is 337 g/mol. The van der Waals surface area contributed by atoms with Crippen LogP contribution >= 0.6 is 0 Å². The van der Waals surface area contributed by atoms with Crippen LogP contribution < -0.4 is 9.47 Å². The van der Waals surface area contributed by atoms with Gasteiger partial charge in [0, 0.05) is 24.6 Å². The van der Waals surface area contributed by atoms with Gasteiger partial charge in [-0.05, 0) is 54.1 Å². The Balaban J connectivity index is 1.95. The number of ether oxygens (including phenoxy) is 2. The molecule has 0 aromatic heterocycles. The Hall–Kier alpha value is -2.00. The van der Waals surface area contributed by atoms with Gasteiger partial charge in [-0.3, -0.25) is 4.90 Å². The Morgan fingerprint density at radius 2 is 1.88 bits per heavy atom. The Kier molecular flexibility index (Phi) is 4.43. The zero-order chi connectivity index (χ0) is 17.4. The molecule has 4 rings (SSSR count). The summed E-state index contributed by atoms with van der Waals surface area (Å²) in [5.41, 5.74) is 7.15. The highest BCUT2D eigenvalue weighted by Crippen LogP contribution is 2.46. The molecule has 0 spiro atoms. The Bertz CT molecular complexity index is 784. The highest BCUT2D eigenvalue weighted by molar-refractivity contribution is 5.59. The molecule has 2 aliphatic rings. The quantitative estimate of drug-likeness (QED) is 0.836. The number of fused-ring (bicyclic) bond motifs is 1. The molecule has 3 nitrogen and oxygen atoms in total. The van der Waals surface area contributed by atoms with Crippen LogP contribution in [0, 0.1) is 0 Å². The molecule has 2 aromatic carbocycles. The van der Waals surface area contributed by atoms with Crippen LogP contribution in [0.1, 0.15) is 47.2 Å². The molecule has 25 heavy (non-hydrogen) atoms. The highest BCUT2D eigenvalue weighted by atomic mass is 16.5. The molecule has 132 valence electrons. The summed E-state index contributed by atoms with van der Waals surface area (Å²) < 4.78 is 11.5. The maximum Gasteiger partial charge on any atom is 0.164 e. The largest absolute Gasteiger partial charge is 0.493 e. The summed E-state index contributed by atoms with van der Waals surface area (Å²) in [6.45, 7) is 4.55. The summed E-state index contributed by atoms with van der Waals surface area (Å²) in [4.78, 5) is 2.67. The van der Waals surface area contributed by atoms with Gasteiger partial charge >= 0.3 is 0 Å². The molecule has 0 fully saturated rings. The van der Waals surface area contributed by atoms with Crippen LogP contribution in [0.15, 0.2) is 30.3 Å². The number of nitrogens with zero attached hydrogens (tertiary/aromatic N) is 1. The molecule has 2 aromatic rings. The van der Waals surface area contributed by atoms with Gasteiger partial charge in [-0.1, -0.05) is 31.2 Å². The van der Waals surface area contributed by atoms with Crippen molar-refractivity contribution in [2.24, 2.45) is 0 Å². The minimum Gasteiger partial charge on any atom is -0.493 e. The van der Waals surface area contributed by atoms with E-state index in [1.54, 1.807) is 14.2 Å². The summed E-state index contributed by atoms with van der Waals surface area (Å²) in [7, 11) is 3.50. The van der Waals surface area contributed by atoms with E-state index < -0.39 is 0 Å². The lowest BCUT2D eigenvalue weighted by atomic mass is 9.86. The van der Waals surface area contributed by atoms with Crippen LogP contribution in [-0.2, 0) is 19.3 Å². The number of methoxy groups -OCH3 is 2. The zero-order valence-corrected chi connectivity index (χ0v) is 15.5. The van der Waals surface area contributed by atoms with E-state index in [4.69, 9.17) is 9.47 Å². The first-order valence-electron chi connectivity index (χ1n) is 9.34. The van der Waals surface area contributed by atoms with Crippen LogP contribution in [0.5, 0.6) is 11.5 Å². The minimum absolute atomic E-state index is 0.446. The highest BCUT2D eigenvalue weighted by Gasteiger charge is 2.34. The van der Waals surface area contributed by atoms with Crippen molar-refractivity contribution in [3.8, 4) is 11.5 Å². The fourth-order valence-corrected chi connectivity index (χ4v) is 4.66. The van der Waals surface area contributed by atoms with E-state index in [1.165, 1.54) is 34.2 Å². The van der Waals surface area contributed by atoms with E-state index in [2.05, 4.69) is 42.2 Å². The average Bonchev–Trinajstić information content (AvgIpc) is 2.81. The molecule has 0 bridgehead atoms. The average molecular weight is 337 g/mol. The fourth-order valence-electron chi connectivity index (χ4n) is 4.66. The Labute approximate surface area is 150 Å². The number of hydrogen-bond donors (Lipinski definition) is 0. The molecule has 0 saturated heterocycles. The molecule has 1 atom stereocenters. The molecule has 0 amide bonds. The number of hydrogen-bond acceptors (Lipinski definition) is 3. The fraction of sp³-hybridized carbons (Fsp3) is 0.455. The third-order valence-corrected chi connectivity index (χ3v) is 5.75. The summed E-state index contributed by atoms with van der Waals surface area (Å²) in [6, 6.07) is 11.5. The normalized spacial score (nSPS) is 18.9. The molecular weight excluding hydrogens is 310 g/mol. The van der Waals surface area contributed by atoms with Crippen LogP contribution in [-0.4, -0.2) is 32.2 Å². The first kappa shape index (κ1) is 16.5. The summed E-state index contributed by atoms with van der Waals surface area (Å²) in [6.07, 6.45) is 4.30. The lowest BCUT2D eigenvalue weighted by Crippen LogP contribution is -2.37. The molecule has 3 heteroatoms. The molecule has 0 radical (unpaired) electrons. The second kappa shape index (κ2) is 6.72. The van der Waals surface area contributed by atoms with Gasteiger partial charge < -0.3 is 9.47 Å². The van der Waals surface area contributed by atoms with Crippen molar-refractivity contribution >= 4 is 0 Å². The second-order valence-electron chi connectivity index (χ2n) is 7.11. The van der Waals surface area contributed by atoms with Crippen molar-refractivity contribution in [3.63, 3.8) is 0 Å². The predicted molar refractivity (Wildman–Crippen MR) is 101 cm³/mol. The summed E-state index contributed by atoms with van der Waals surface area (Å²) >= 11 is 0. The summed E-state index contributed by atoms with van der Waals surface area (Å²) in [5, 5.41) is 0. The van der Waals surface area contributed by atoms with Crippen molar-refractivity contribution < 1.29 is 9.47 Å². The maximum atomic E-state index is 5.83. The zero-order valence-electron chi connectivity index (χ0n) is 15.5. The van der Waals surface area contributed by atoms with E-state index in [0.717, 1.165) is 43.9 Å². The Morgan fingerprint density at radius 3 is 2.60 bits per heavy atom. The van der Waals surface area contributed by atoms with Gasteiger partial charge in [-0.2, -0.15) is 0 Å². The van der Waals surface area contributed by atoms with E-state index in [9.17, 15) is 0 Å². The summed E-state index contributed by atoms with van der Waals surface area (Å²) in [5.74, 6) is 1.79. The SMILES string of the molecule is CCCN1CCc2cc(OC)c(OC)c3c2C1Cc1ccccc1C3. The van der Waals surface area contributed by atoms with E-state index >= 15 is 0 Å². The Morgan fingerprint density at radius 1 is 1.08 bits per heavy atom. The van der Waals surface area contributed by atoms with Gasteiger partial charge in [0.2, 0.25) is 0 Å². The third-order valence-electron chi connectivity index (χ3n) is 5.75. The van der Waals surface area contributed by atoms with Crippen LogP contribution in [0.3, 0.4) is 0 Å². The van der Waals surface area contributed by atoms with E-state index in [0.29, 0.717) is 6.04 Å². The van der Waals surface area contributed by atoms with Crippen molar-refractivity contribution in [1.29, 1.82) is 0 Å². The molecule has 1 unspecified atom stereocenters. The van der Waals surface area contributed by atoms with Gasteiger partial charge in [0.05, 0.1) is 14.2 Å². The van der Waals surface area contributed by atoms with Crippen molar-refractivity contribution in [2.45, 2.75) is 38.6 Å². The van der Waals surface area contributed by atoms with Gasteiger partial charge in [0.25, 0.3) is 0 Å². The van der Waals surface area contributed by atoms with Crippen molar-refractivity contribution in [1.82, 2.24) is 4.90 Å². The topological polar surface area (TPSA) is 21.7 Å². The first-order valence-corrected chi connectivity index (χ1v) is 9.34. The molecule has 0 N–H and O–H groups in total. The van der Waals surface area contributed by atoms with E-state index in [-0.39, 0.29) is 0 Å². The standard InChI is InChI=1S/C22H27NO2/c1-4-10-23-11-9-17-14-20(24-2)22(25-3)18-12-15-7-5-6-8-16(15)13-19(23)21(17)18/h5-8,14,19H,4,9-13H2,1-3H3. The molecule has 1 heterocycles. The van der Waals surface area contributed by atoms with Gasteiger partial charge in [0.1, 0.15) is 0 Å². The van der Waals surface area contributed by atoms with Gasteiger partial charge in [0.15, 0.2) is 11.5 Å². The maximum absolute atomic E-state index is 5.83. The second-order valence-corrected chi connectivity index (χ2v) is 7.11. The van der Waals surface area contributed by atoms with Crippen LogP contribution in [0.4, 0.5) is 0 Å². The smallest absolute Gasteiger partial charge is 0.164 e. The molecule has 0 saturated carbocycles. The van der Waals surface area contributed by atoms with Gasteiger partial charge in [-0.25, -0.2) is 0 Å². The molecule has 1 aliphatic heterocycles. The first-order chi connectivity index (χ1) is 12.3. The number of rotatable bonds is 4. The minimum atomic E-state index is 0.446. The van der Waals surface area contributed by atoms with Crippen molar-refractivity contribution in [3.05, 3.63) is 58.1 Å².